The molecule has 3 aromatic carbocycles. The van der Waals surface area contributed by atoms with E-state index >= 15 is 0 Å². The number of halogens is 1. The molecule has 188 valence electrons. The molecule has 0 atom stereocenters. The molecular weight excluding hydrogens is 498 g/mol. The van der Waals surface area contributed by atoms with Gasteiger partial charge in [0.05, 0.1) is 46.2 Å². The molecular formula is C29H24ClN7O. The Morgan fingerprint density at radius 1 is 1.08 bits per heavy atom. The van der Waals surface area contributed by atoms with Crippen LogP contribution in [0.25, 0.3) is 38.8 Å². The van der Waals surface area contributed by atoms with Gasteiger partial charge in [0.1, 0.15) is 6.07 Å². The first kappa shape index (κ1) is 23.8. The van der Waals surface area contributed by atoms with Gasteiger partial charge in [0.15, 0.2) is 0 Å². The highest BCUT2D eigenvalue weighted by atomic mass is 35.5. The molecule has 2 aromatic heterocycles. The summed E-state index contributed by atoms with van der Waals surface area (Å²) in [6.07, 6.45) is 1.79. The van der Waals surface area contributed by atoms with Crippen LogP contribution in [-0.2, 0) is 11.8 Å². The minimum absolute atomic E-state index is 0.0609. The minimum atomic E-state index is -0.0609. The zero-order chi connectivity index (χ0) is 26.6. The number of anilines is 1. The third kappa shape index (κ3) is 3.80. The number of aromatic nitrogens is 3. The van der Waals surface area contributed by atoms with Crippen LogP contribution >= 0.6 is 11.6 Å². The van der Waals surface area contributed by atoms with E-state index in [9.17, 15) is 10.1 Å². The molecule has 9 heteroatoms. The number of carbonyl (C=O) groups excluding carboxylic acids is 1. The summed E-state index contributed by atoms with van der Waals surface area (Å²) in [6.45, 7) is 3.35. The lowest BCUT2D eigenvalue weighted by molar-refractivity contribution is -0.120. The molecule has 0 spiro atoms. The van der Waals surface area contributed by atoms with Gasteiger partial charge >= 0.3 is 0 Å². The lowest BCUT2D eigenvalue weighted by atomic mass is 10.0. The molecule has 2 N–H and O–H groups in total. The Hall–Kier alpha value is -4.61. The Morgan fingerprint density at radius 2 is 1.84 bits per heavy atom. The van der Waals surface area contributed by atoms with Crippen LogP contribution in [0, 0.1) is 23.7 Å². The number of imidazole rings is 1. The Kier molecular flexibility index (Phi) is 5.66. The van der Waals surface area contributed by atoms with Gasteiger partial charge in [0, 0.05) is 30.5 Å². The summed E-state index contributed by atoms with van der Waals surface area (Å²) in [6, 6.07) is 19.9. The number of nitriles is 1. The number of pyridine rings is 1. The topological polar surface area (TPSA) is 103 Å². The number of amides is 1. The van der Waals surface area contributed by atoms with Crippen molar-refractivity contribution in [3.63, 3.8) is 0 Å². The van der Waals surface area contributed by atoms with Crippen LogP contribution in [-0.4, -0.2) is 39.7 Å². The van der Waals surface area contributed by atoms with Crippen molar-refractivity contribution in [3.8, 4) is 22.9 Å². The van der Waals surface area contributed by atoms with E-state index in [0.717, 1.165) is 50.0 Å². The fourth-order valence-corrected chi connectivity index (χ4v) is 5.32. The highest BCUT2D eigenvalue weighted by molar-refractivity contribution is 6.30. The first-order chi connectivity index (χ1) is 18.4. The van der Waals surface area contributed by atoms with Crippen LogP contribution in [0.15, 0.2) is 60.8 Å². The molecule has 1 aliphatic heterocycles. The van der Waals surface area contributed by atoms with Gasteiger partial charge in [-0.2, -0.15) is 5.26 Å². The molecule has 0 aliphatic carbocycles. The molecule has 1 amide bonds. The third-order valence-electron chi connectivity index (χ3n) is 7.17. The van der Waals surface area contributed by atoms with Crippen molar-refractivity contribution < 1.29 is 4.79 Å². The predicted molar refractivity (Wildman–Crippen MR) is 149 cm³/mol. The Bertz CT molecular complexity index is 1860. The summed E-state index contributed by atoms with van der Waals surface area (Å²) >= 11 is 6.11. The fourth-order valence-electron chi connectivity index (χ4n) is 5.19. The monoisotopic (exact) mass is 521 g/mol. The van der Waals surface area contributed by atoms with Crippen molar-refractivity contribution in [2.75, 3.05) is 24.5 Å². The molecule has 1 aliphatic rings. The average Bonchev–Trinajstić information content (AvgIpc) is 3.18. The molecule has 0 radical (unpaired) electrons. The van der Waals surface area contributed by atoms with Crippen LogP contribution in [0.2, 0.25) is 5.02 Å². The number of benzene rings is 3. The Balaban J connectivity index is 1.60. The van der Waals surface area contributed by atoms with Gasteiger partial charge in [0.2, 0.25) is 11.5 Å². The zero-order valence-electron chi connectivity index (χ0n) is 20.9. The lowest BCUT2D eigenvalue weighted by Gasteiger charge is -2.30. The highest BCUT2D eigenvalue weighted by Gasteiger charge is 2.22. The summed E-state index contributed by atoms with van der Waals surface area (Å²) in [5.41, 5.74) is 7.60. The maximum atomic E-state index is 12.0. The van der Waals surface area contributed by atoms with Gasteiger partial charge in [-0.15, -0.1) is 0 Å². The zero-order valence-corrected chi connectivity index (χ0v) is 21.7. The molecule has 0 bridgehead atoms. The summed E-state index contributed by atoms with van der Waals surface area (Å²) in [5, 5.41) is 23.5. The molecule has 1 fully saturated rings. The second-order valence-electron chi connectivity index (χ2n) is 9.49. The molecule has 6 rings (SSSR count). The molecule has 1 saturated heterocycles. The Morgan fingerprint density at radius 3 is 2.58 bits per heavy atom. The van der Waals surface area contributed by atoms with Crippen molar-refractivity contribution in [2.45, 2.75) is 6.92 Å². The molecule has 0 saturated carbocycles. The smallest absolute Gasteiger partial charge is 0.239 e. The maximum Gasteiger partial charge on any atom is 0.239 e. The van der Waals surface area contributed by atoms with E-state index in [1.54, 1.807) is 10.8 Å². The highest BCUT2D eigenvalue weighted by Crippen LogP contribution is 2.33. The van der Waals surface area contributed by atoms with Gasteiger partial charge in [-0.25, -0.2) is 0 Å². The summed E-state index contributed by atoms with van der Waals surface area (Å²) in [7, 11) is 1.85. The van der Waals surface area contributed by atoms with Crippen LogP contribution in [0.1, 0.15) is 11.1 Å². The molecule has 38 heavy (non-hydrogen) atoms. The number of nitrogens with zero attached hydrogens (tertiary/aromatic N) is 5. The van der Waals surface area contributed by atoms with Gasteiger partial charge in [0.25, 0.3) is 0 Å². The van der Waals surface area contributed by atoms with Gasteiger partial charge in [-0.3, -0.25) is 19.8 Å². The van der Waals surface area contributed by atoms with Crippen molar-refractivity contribution in [2.24, 2.45) is 7.05 Å². The van der Waals surface area contributed by atoms with Gasteiger partial charge < -0.3 is 14.8 Å². The van der Waals surface area contributed by atoms with E-state index in [2.05, 4.69) is 22.4 Å². The minimum Gasteiger partial charge on any atom is -0.359 e. The SMILES string of the molecule is Cc1cc(N2CCNC(=O)C2)c(C#N)cc1-n1c(=N)n(C)c2cnc3ccc(-c4ccc(Cl)cc4)cc3c21. The number of carbonyl (C=O) groups is 1. The largest absolute Gasteiger partial charge is 0.359 e. The molecule has 0 unspecified atom stereocenters. The quantitative estimate of drug-likeness (QED) is 0.366. The number of fused-ring (bicyclic) bond motifs is 3. The van der Waals surface area contributed by atoms with Crippen molar-refractivity contribution in [1.29, 1.82) is 10.7 Å². The van der Waals surface area contributed by atoms with Gasteiger partial charge in [-0.05, 0) is 60.0 Å². The van der Waals surface area contributed by atoms with E-state index in [0.29, 0.717) is 23.7 Å². The standard InChI is InChI=1S/C29H24ClN7O/c1-17-11-25(36-10-9-33-27(38)16-36)20(14-31)13-24(17)37-28-22-12-19(18-3-6-21(30)7-4-18)5-8-23(22)34-15-26(28)35(2)29(37)32/h3-8,11-13,15,32H,9-10,16H2,1-2H3,(H,33,38). The molecule has 5 aromatic rings. The van der Waals surface area contributed by atoms with Crippen LogP contribution < -0.4 is 15.8 Å². The molecule has 8 nitrogen and oxygen atoms in total. The fraction of sp³-hybridized carbons (Fsp3) is 0.172. The first-order valence-corrected chi connectivity index (χ1v) is 12.6. The van der Waals surface area contributed by atoms with E-state index in [1.807, 2.05) is 72.0 Å². The summed E-state index contributed by atoms with van der Waals surface area (Å²) < 4.78 is 3.68. The third-order valence-corrected chi connectivity index (χ3v) is 7.42. The maximum absolute atomic E-state index is 12.0. The normalized spacial score (nSPS) is 13.6. The predicted octanol–water partition coefficient (Wildman–Crippen LogP) is 4.43. The second-order valence-corrected chi connectivity index (χ2v) is 9.92. The van der Waals surface area contributed by atoms with E-state index in [-0.39, 0.29) is 18.1 Å². The van der Waals surface area contributed by atoms with Crippen molar-refractivity contribution >= 4 is 45.1 Å². The summed E-state index contributed by atoms with van der Waals surface area (Å²) in [4.78, 5) is 18.6. The van der Waals surface area contributed by atoms with E-state index in [1.165, 1.54) is 0 Å². The van der Waals surface area contributed by atoms with Crippen LogP contribution in [0.5, 0.6) is 0 Å². The number of aryl methyl sites for hydroxylation is 2. The number of hydrogen-bond acceptors (Lipinski definition) is 5. The first-order valence-electron chi connectivity index (χ1n) is 12.2. The van der Waals surface area contributed by atoms with Crippen molar-refractivity contribution in [1.82, 2.24) is 19.4 Å². The van der Waals surface area contributed by atoms with Crippen molar-refractivity contribution in [3.05, 3.63) is 82.6 Å². The summed E-state index contributed by atoms with van der Waals surface area (Å²) in [5.74, 6) is -0.0609. The number of hydrogen-bond donors (Lipinski definition) is 2. The lowest BCUT2D eigenvalue weighted by Crippen LogP contribution is -2.48. The second kappa shape index (κ2) is 9.05. The van der Waals surface area contributed by atoms with Crippen LogP contribution in [0.4, 0.5) is 5.69 Å². The number of nitrogens with one attached hydrogen (secondary N) is 2. The number of rotatable bonds is 3. The van der Waals surface area contributed by atoms with Gasteiger partial charge in [-0.1, -0.05) is 29.8 Å². The average molecular weight is 522 g/mol. The van der Waals surface area contributed by atoms with E-state index in [4.69, 9.17) is 17.0 Å². The number of piperazine rings is 1. The molecule has 3 heterocycles. The van der Waals surface area contributed by atoms with Crippen LogP contribution in [0.3, 0.4) is 0 Å². The Labute approximate surface area is 223 Å². The van der Waals surface area contributed by atoms with E-state index < -0.39 is 0 Å².